The van der Waals surface area contributed by atoms with E-state index in [1.807, 2.05) is 0 Å². The lowest BCUT2D eigenvalue weighted by Crippen LogP contribution is -2.53. The van der Waals surface area contributed by atoms with Crippen molar-refractivity contribution in [3.63, 3.8) is 0 Å². The summed E-state index contributed by atoms with van der Waals surface area (Å²) in [6.07, 6.45) is -1.97. The third-order valence-corrected chi connectivity index (χ3v) is 5.86. The Morgan fingerprint density at radius 1 is 1.11 bits per heavy atom. The normalized spacial score (nSPS) is 20.9. The molecule has 0 unspecified atom stereocenters. The van der Waals surface area contributed by atoms with Crippen molar-refractivity contribution in [2.24, 2.45) is 5.41 Å². The molecule has 1 aromatic rings. The highest BCUT2D eigenvalue weighted by atomic mass is 79.9. The van der Waals surface area contributed by atoms with Gasteiger partial charge in [-0.05, 0) is 43.5 Å². The summed E-state index contributed by atoms with van der Waals surface area (Å²) in [6.45, 7) is 1.26. The summed E-state index contributed by atoms with van der Waals surface area (Å²) < 4.78 is 0.829. The van der Waals surface area contributed by atoms with E-state index in [-0.39, 0.29) is 5.91 Å². The number of nitrogens with one attached hydrogen (secondary N) is 2. The van der Waals surface area contributed by atoms with Crippen LogP contribution in [-0.2, 0) is 14.4 Å². The van der Waals surface area contributed by atoms with Gasteiger partial charge in [-0.25, -0.2) is 0 Å². The van der Waals surface area contributed by atoms with Crippen molar-refractivity contribution in [1.82, 2.24) is 10.2 Å². The van der Waals surface area contributed by atoms with Crippen LogP contribution in [0.25, 0.3) is 0 Å². The zero-order chi connectivity index (χ0) is 19.6. The molecule has 8 nitrogen and oxygen atoms in total. The van der Waals surface area contributed by atoms with E-state index in [9.17, 15) is 24.6 Å². The number of aliphatic hydroxyl groups is 2. The smallest absolute Gasteiger partial charge is 0.256 e. The Morgan fingerprint density at radius 2 is 1.74 bits per heavy atom. The van der Waals surface area contributed by atoms with Crippen LogP contribution in [0, 0.1) is 5.41 Å². The van der Waals surface area contributed by atoms with Crippen LogP contribution in [0.4, 0.5) is 5.69 Å². The van der Waals surface area contributed by atoms with E-state index in [2.05, 4.69) is 26.6 Å². The van der Waals surface area contributed by atoms with Gasteiger partial charge in [-0.3, -0.25) is 14.4 Å². The topological polar surface area (TPSA) is 119 Å². The molecular weight excluding hydrogens is 418 g/mol. The molecule has 0 saturated carbocycles. The second kappa shape index (κ2) is 7.95. The molecule has 4 N–H and O–H groups in total. The molecule has 9 heteroatoms. The van der Waals surface area contributed by atoms with Gasteiger partial charge in [0, 0.05) is 29.8 Å². The highest BCUT2D eigenvalue weighted by molar-refractivity contribution is 9.10. The number of halogens is 1. The van der Waals surface area contributed by atoms with Gasteiger partial charge in [0.1, 0.15) is 0 Å². The summed E-state index contributed by atoms with van der Waals surface area (Å²) in [6, 6.07) is 6.68. The van der Waals surface area contributed by atoms with Crippen LogP contribution in [0.5, 0.6) is 0 Å². The molecule has 27 heavy (non-hydrogen) atoms. The molecule has 2 heterocycles. The summed E-state index contributed by atoms with van der Waals surface area (Å²) in [5, 5.41) is 25.5. The summed E-state index contributed by atoms with van der Waals surface area (Å²) in [4.78, 5) is 38.0. The molecule has 0 bridgehead atoms. The van der Waals surface area contributed by atoms with Gasteiger partial charge < -0.3 is 25.7 Å². The maximum atomic E-state index is 12.5. The number of hydrogen-bond acceptors (Lipinski definition) is 5. The number of carbonyl (C=O) groups is 3. The van der Waals surface area contributed by atoms with Gasteiger partial charge in [0.15, 0.2) is 12.2 Å². The lowest BCUT2D eigenvalue weighted by Gasteiger charge is -2.38. The van der Waals surface area contributed by atoms with E-state index in [1.54, 1.807) is 24.3 Å². The monoisotopic (exact) mass is 439 g/mol. The molecule has 2 saturated heterocycles. The highest BCUT2D eigenvalue weighted by Crippen LogP contribution is 2.38. The second-order valence-electron chi connectivity index (χ2n) is 7.00. The van der Waals surface area contributed by atoms with Crippen molar-refractivity contribution >= 4 is 39.3 Å². The van der Waals surface area contributed by atoms with E-state index in [0.29, 0.717) is 38.2 Å². The Bertz CT molecular complexity index is 731. The van der Waals surface area contributed by atoms with Crippen LogP contribution in [0.1, 0.15) is 19.3 Å². The van der Waals surface area contributed by atoms with Crippen LogP contribution in [0.3, 0.4) is 0 Å². The number of carbonyl (C=O) groups excluding carboxylic acids is 3. The van der Waals surface area contributed by atoms with Gasteiger partial charge in [-0.15, -0.1) is 0 Å². The SMILES string of the molecule is O=C(Nc1ccc(Br)cc1)[C@@H](O)[C@H](O)C(=O)N1CCC2(CCNC2=O)CC1. The largest absolute Gasteiger partial charge is 0.380 e. The fraction of sp³-hybridized carbons (Fsp3) is 0.500. The molecule has 0 aliphatic carbocycles. The van der Waals surface area contributed by atoms with Gasteiger partial charge in [0.2, 0.25) is 5.91 Å². The maximum Gasteiger partial charge on any atom is 0.256 e. The number of anilines is 1. The van der Waals surface area contributed by atoms with Gasteiger partial charge in [0.05, 0.1) is 5.41 Å². The van der Waals surface area contributed by atoms with Crippen molar-refractivity contribution in [3.8, 4) is 0 Å². The average molecular weight is 440 g/mol. The lowest BCUT2D eigenvalue weighted by atomic mass is 9.77. The molecule has 1 spiro atoms. The average Bonchev–Trinajstić information content (AvgIpc) is 3.02. The van der Waals surface area contributed by atoms with Crippen LogP contribution in [0.2, 0.25) is 0 Å². The quantitative estimate of drug-likeness (QED) is 0.535. The van der Waals surface area contributed by atoms with Crippen molar-refractivity contribution in [2.75, 3.05) is 25.0 Å². The Kier molecular flexibility index (Phi) is 5.83. The Morgan fingerprint density at radius 3 is 2.30 bits per heavy atom. The van der Waals surface area contributed by atoms with Gasteiger partial charge in [0.25, 0.3) is 11.8 Å². The van der Waals surface area contributed by atoms with Crippen LogP contribution in [-0.4, -0.2) is 64.7 Å². The molecule has 3 rings (SSSR count). The Labute approximate surface area is 165 Å². The first kappa shape index (κ1) is 19.8. The molecule has 2 aliphatic heterocycles. The fourth-order valence-corrected chi connectivity index (χ4v) is 3.83. The number of benzene rings is 1. The van der Waals surface area contributed by atoms with Crippen LogP contribution >= 0.6 is 15.9 Å². The molecule has 2 fully saturated rings. The lowest BCUT2D eigenvalue weighted by molar-refractivity contribution is -0.154. The number of nitrogens with zero attached hydrogens (tertiary/aromatic N) is 1. The number of amides is 3. The van der Waals surface area contributed by atoms with Gasteiger partial charge in [-0.1, -0.05) is 15.9 Å². The molecular formula is C18H22BrN3O5. The van der Waals surface area contributed by atoms with Crippen molar-refractivity contribution in [3.05, 3.63) is 28.7 Å². The van der Waals surface area contributed by atoms with Crippen molar-refractivity contribution in [2.45, 2.75) is 31.5 Å². The molecule has 0 aromatic heterocycles. The van der Waals surface area contributed by atoms with E-state index in [0.717, 1.165) is 10.9 Å². The molecule has 146 valence electrons. The molecule has 3 amide bonds. The summed E-state index contributed by atoms with van der Waals surface area (Å²) in [5.41, 5.74) is 0.00770. The molecule has 1 aromatic carbocycles. The number of aliphatic hydroxyl groups excluding tert-OH is 2. The Hall–Kier alpha value is -1.97. The predicted molar refractivity (Wildman–Crippen MR) is 101 cm³/mol. The second-order valence-corrected chi connectivity index (χ2v) is 7.91. The first-order valence-electron chi connectivity index (χ1n) is 8.82. The summed E-state index contributed by atoms with van der Waals surface area (Å²) >= 11 is 3.28. The van der Waals surface area contributed by atoms with E-state index < -0.39 is 29.4 Å². The first-order valence-corrected chi connectivity index (χ1v) is 9.61. The van der Waals surface area contributed by atoms with Gasteiger partial charge in [-0.2, -0.15) is 0 Å². The first-order chi connectivity index (χ1) is 12.8. The molecule has 0 radical (unpaired) electrons. The Balaban J connectivity index is 1.55. The van der Waals surface area contributed by atoms with Crippen molar-refractivity contribution in [1.29, 1.82) is 0 Å². The third kappa shape index (κ3) is 4.15. The van der Waals surface area contributed by atoms with Gasteiger partial charge >= 0.3 is 0 Å². The molecule has 2 aliphatic rings. The maximum absolute atomic E-state index is 12.5. The highest BCUT2D eigenvalue weighted by Gasteiger charge is 2.46. The minimum Gasteiger partial charge on any atom is -0.380 e. The van der Waals surface area contributed by atoms with Crippen LogP contribution < -0.4 is 10.6 Å². The number of rotatable bonds is 4. The fourth-order valence-electron chi connectivity index (χ4n) is 3.56. The predicted octanol–water partition coefficient (Wildman–Crippen LogP) is 0.238. The third-order valence-electron chi connectivity index (χ3n) is 5.34. The number of piperidine rings is 1. The standard InChI is InChI=1S/C18H22BrN3O5/c19-11-1-3-12(4-2-11)21-15(25)13(23)14(24)16(26)22-9-6-18(7-10-22)5-8-20-17(18)27/h1-4,13-14,23-24H,5-10H2,(H,20,27)(H,21,25)/t13-,14-/m0/s1. The van der Waals surface area contributed by atoms with E-state index in [1.165, 1.54) is 4.90 Å². The molecule has 2 atom stereocenters. The zero-order valence-electron chi connectivity index (χ0n) is 14.7. The minimum atomic E-state index is -1.88. The minimum absolute atomic E-state index is 0.0176. The van der Waals surface area contributed by atoms with Crippen molar-refractivity contribution < 1.29 is 24.6 Å². The number of likely N-dealkylation sites (tertiary alicyclic amines) is 1. The zero-order valence-corrected chi connectivity index (χ0v) is 16.2. The summed E-state index contributed by atoms with van der Waals surface area (Å²) in [5.74, 6) is -1.55. The van der Waals surface area contributed by atoms with Crippen LogP contribution in [0.15, 0.2) is 28.7 Å². The van der Waals surface area contributed by atoms with E-state index >= 15 is 0 Å². The van der Waals surface area contributed by atoms with E-state index in [4.69, 9.17) is 0 Å². The summed E-state index contributed by atoms with van der Waals surface area (Å²) in [7, 11) is 0. The number of hydrogen-bond donors (Lipinski definition) is 4.